The van der Waals surface area contributed by atoms with E-state index in [1.54, 1.807) is 6.20 Å². The first-order chi connectivity index (χ1) is 7.08. The largest absolute Gasteiger partial charge is 0.314 e. The van der Waals surface area contributed by atoms with Crippen LogP contribution >= 0.6 is 0 Å². The minimum Gasteiger partial charge on any atom is -0.314 e. The normalized spacial score (nSPS) is 11.9. The van der Waals surface area contributed by atoms with Crippen molar-refractivity contribution in [2.45, 2.75) is 32.9 Å². The molecular formula is C11H22N4. The third-order valence-corrected chi connectivity index (χ3v) is 2.03. The van der Waals surface area contributed by atoms with Gasteiger partial charge in [0, 0.05) is 37.6 Å². The summed E-state index contributed by atoms with van der Waals surface area (Å²) in [6.07, 6.45) is 3.79. The molecule has 2 N–H and O–H groups in total. The summed E-state index contributed by atoms with van der Waals surface area (Å²) in [6.45, 7) is 10.4. The summed E-state index contributed by atoms with van der Waals surface area (Å²) in [6, 6.07) is 1.95. The van der Waals surface area contributed by atoms with Crippen molar-refractivity contribution in [3.63, 3.8) is 0 Å². The molecule has 4 heteroatoms. The fraction of sp³-hybridized carbons (Fsp3) is 0.727. The molecule has 0 saturated heterocycles. The summed E-state index contributed by atoms with van der Waals surface area (Å²) < 4.78 is 1.93. The van der Waals surface area contributed by atoms with Crippen LogP contribution in [0, 0.1) is 0 Å². The Balaban J connectivity index is 1.94. The average molecular weight is 210 g/mol. The fourth-order valence-corrected chi connectivity index (χ4v) is 1.28. The van der Waals surface area contributed by atoms with Crippen LogP contribution in [0.2, 0.25) is 0 Å². The van der Waals surface area contributed by atoms with Gasteiger partial charge in [-0.25, -0.2) is 0 Å². The number of aromatic nitrogens is 2. The molecule has 0 aromatic carbocycles. The van der Waals surface area contributed by atoms with E-state index >= 15 is 0 Å². The van der Waals surface area contributed by atoms with E-state index in [4.69, 9.17) is 0 Å². The van der Waals surface area contributed by atoms with Crippen molar-refractivity contribution in [3.8, 4) is 0 Å². The molecule has 0 aliphatic rings. The maximum atomic E-state index is 4.13. The highest BCUT2D eigenvalue weighted by Crippen LogP contribution is 1.96. The van der Waals surface area contributed by atoms with Gasteiger partial charge in [0.25, 0.3) is 0 Å². The second kappa shape index (κ2) is 5.88. The maximum Gasteiger partial charge on any atom is 0.0533 e. The van der Waals surface area contributed by atoms with Gasteiger partial charge in [0.2, 0.25) is 0 Å². The van der Waals surface area contributed by atoms with E-state index in [1.165, 1.54) is 0 Å². The van der Waals surface area contributed by atoms with Crippen LogP contribution in [0.3, 0.4) is 0 Å². The van der Waals surface area contributed by atoms with Gasteiger partial charge in [0.1, 0.15) is 0 Å². The first kappa shape index (κ1) is 12.2. The number of nitrogens with zero attached hydrogens (tertiary/aromatic N) is 2. The van der Waals surface area contributed by atoms with Gasteiger partial charge in [0.15, 0.2) is 0 Å². The second-order valence-corrected chi connectivity index (χ2v) is 4.70. The predicted octanol–water partition coefficient (Wildman–Crippen LogP) is 0.861. The fourth-order valence-electron chi connectivity index (χ4n) is 1.28. The maximum absolute atomic E-state index is 4.13. The van der Waals surface area contributed by atoms with Crippen LogP contribution in [0.5, 0.6) is 0 Å². The molecule has 0 bridgehead atoms. The molecule has 1 aromatic heterocycles. The van der Waals surface area contributed by atoms with Crippen molar-refractivity contribution < 1.29 is 0 Å². The highest BCUT2D eigenvalue weighted by atomic mass is 15.3. The lowest BCUT2D eigenvalue weighted by atomic mass is 10.1. The Morgan fingerprint density at radius 1 is 1.20 bits per heavy atom. The molecule has 0 atom stereocenters. The molecule has 1 rings (SSSR count). The van der Waals surface area contributed by atoms with Crippen LogP contribution in [0.15, 0.2) is 18.5 Å². The number of hydrogen-bond acceptors (Lipinski definition) is 3. The zero-order chi connectivity index (χ0) is 11.1. The monoisotopic (exact) mass is 210 g/mol. The Kier molecular flexibility index (Phi) is 4.78. The Morgan fingerprint density at radius 2 is 2.00 bits per heavy atom. The molecule has 4 nitrogen and oxygen atoms in total. The van der Waals surface area contributed by atoms with Gasteiger partial charge >= 0.3 is 0 Å². The van der Waals surface area contributed by atoms with Gasteiger partial charge in [-0.05, 0) is 26.8 Å². The number of rotatable bonds is 6. The van der Waals surface area contributed by atoms with Crippen LogP contribution in [-0.4, -0.2) is 35.0 Å². The van der Waals surface area contributed by atoms with Gasteiger partial charge in [0.05, 0.1) is 6.54 Å². The van der Waals surface area contributed by atoms with Crippen molar-refractivity contribution in [1.29, 1.82) is 0 Å². The van der Waals surface area contributed by atoms with E-state index in [0.29, 0.717) is 0 Å². The topological polar surface area (TPSA) is 41.9 Å². The second-order valence-electron chi connectivity index (χ2n) is 4.70. The van der Waals surface area contributed by atoms with Crippen LogP contribution < -0.4 is 10.6 Å². The quantitative estimate of drug-likeness (QED) is 0.684. The summed E-state index contributed by atoms with van der Waals surface area (Å²) in [4.78, 5) is 0. The molecule has 0 aliphatic heterocycles. The Labute approximate surface area is 92.1 Å². The van der Waals surface area contributed by atoms with E-state index in [2.05, 4.69) is 36.5 Å². The molecule has 0 spiro atoms. The molecule has 0 amide bonds. The van der Waals surface area contributed by atoms with Gasteiger partial charge < -0.3 is 10.6 Å². The minimum atomic E-state index is 0.212. The Morgan fingerprint density at radius 3 is 2.60 bits per heavy atom. The third kappa shape index (κ3) is 6.25. The van der Waals surface area contributed by atoms with Crippen LogP contribution in [-0.2, 0) is 6.54 Å². The average Bonchev–Trinajstić information content (AvgIpc) is 2.61. The zero-order valence-corrected chi connectivity index (χ0v) is 9.95. The molecule has 1 aromatic rings. The van der Waals surface area contributed by atoms with E-state index in [1.807, 2.05) is 16.9 Å². The molecule has 1 heterocycles. The van der Waals surface area contributed by atoms with Crippen molar-refractivity contribution >= 4 is 0 Å². The summed E-state index contributed by atoms with van der Waals surface area (Å²) in [5.41, 5.74) is 0.212. The van der Waals surface area contributed by atoms with Crippen LogP contribution in [0.4, 0.5) is 0 Å². The lowest BCUT2D eigenvalue weighted by Gasteiger charge is -2.20. The minimum absolute atomic E-state index is 0.212. The summed E-state index contributed by atoms with van der Waals surface area (Å²) in [7, 11) is 0. The van der Waals surface area contributed by atoms with E-state index in [0.717, 1.165) is 26.2 Å². The molecule has 0 saturated carbocycles. The number of hydrogen-bond donors (Lipinski definition) is 2. The third-order valence-electron chi connectivity index (χ3n) is 2.03. The molecule has 15 heavy (non-hydrogen) atoms. The standard InChI is InChI=1S/C11H22N4/c1-11(2,3)13-7-6-12-8-10-15-9-4-5-14-15/h4-5,9,12-13H,6-8,10H2,1-3H3. The summed E-state index contributed by atoms with van der Waals surface area (Å²) in [5.74, 6) is 0. The molecule has 0 unspecified atom stereocenters. The Bertz CT molecular complexity index is 248. The Hall–Kier alpha value is -0.870. The highest BCUT2D eigenvalue weighted by molar-refractivity contribution is 4.77. The SMILES string of the molecule is CC(C)(C)NCCNCCn1cccn1. The van der Waals surface area contributed by atoms with Crippen molar-refractivity contribution in [1.82, 2.24) is 20.4 Å². The van der Waals surface area contributed by atoms with Crippen LogP contribution in [0.1, 0.15) is 20.8 Å². The van der Waals surface area contributed by atoms with Gasteiger partial charge in [-0.2, -0.15) is 5.10 Å². The summed E-state index contributed by atoms with van der Waals surface area (Å²) in [5, 5.41) is 10.9. The highest BCUT2D eigenvalue weighted by Gasteiger charge is 2.06. The van der Waals surface area contributed by atoms with E-state index < -0.39 is 0 Å². The number of nitrogens with one attached hydrogen (secondary N) is 2. The zero-order valence-electron chi connectivity index (χ0n) is 9.95. The molecular weight excluding hydrogens is 188 g/mol. The van der Waals surface area contributed by atoms with Gasteiger partial charge in [-0.1, -0.05) is 0 Å². The smallest absolute Gasteiger partial charge is 0.0533 e. The first-order valence-electron chi connectivity index (χ1n) is 5.51. The van der Waals surface area contributed by atoms with Gasteiger partial charge in [-0.15, -0.1) is 0 Å². The molecule has 0 fully saturated rings. The lowest BCUT2D eigenvalue weighted by Crippen LogP contribution is -2.40. The molecule has 0 aliphatic carbocycles. The van der Waals surface area contributed by atoms with E-state index in [9.17, 15) is 0 Å². The van der Waals surface area contributed by atoms with Crippen LogP contribution in [0.25, 0.3) is 0 Å². The van der Waals surface area contributed by atoms with Crippen molar-refractivity contribution in [3.05, 3.63) is 18.5 Å². The first-order valence-corrected chi connectivity index (χ1v) is 5.51. The van der Waals surface area contributed by atoms with E-state index in [-0.39, 0.29) is 5.54 Å². The molecule has 86 valence electrons. The summed E-state index contributed by atoms with van der Waals surface area (Å²) >= 11 is 0. The molecule has 0 radical (unpaired) electrons. The van der Waals surface area contributed by atoms with Crippen molar-refractivity contribution in [2.75, 3.05) is 19.6 Å². The van der Waals surface area contributed by atoms with Gasteiger partial charge in [-0.3, -0.25) is 4.68 Å². The lowest BCUT2D eigenvalue weighted by molar-refractivity contribution is 0.418. The predicted molar refractivity (Wildman–Crippen MR) is 62.9 cm³/mol. The van der Waals surface area contributed by atoms with Crippen molar-refractivity contribution in [2.24, 2.45) is 0 Å².